The first-order valence-electron chi connectivity index (χ1n) is 8.24. The zero-order chi connectivity index (χ0) is 21.7. The number of benzene rings is 1. The number of phenolic OH excluding ortho intramolecular Hbond substituents is 1. The number of carbonyl (C=O) groups excluding carboxylic acids is 4. The Kier molecular flexibility index (Phi) is 6.80. The van der Waals surface area contributed by atoms with Gasteiger partial charge in [0.2, 0.25) is 6.54 Å². The van der Waals surface area contributed by atoms with Crippen LogP contribution in [-0.2, 0) is 37.1 Å². The minimum Gasteiger partial charge on any atom is -0.507 e. The Morgan fingerprint density at radius 3 is 2.38 bits per heavy atom. The van der Waals surface area contributed by atoms with Gasteiger partial charge in [-0.1, -0.05) is 6.07 Å². The number of hydrogen-bond acceptors (Lipinski definition) is 10. The minimum absolute atomic E-state index is 0.0642. The third-order valence-electron chi connectivity index (χ3n) is 3.91. The number of nitro groups is 1. The molecule has 4 N–H and O–H groups in total. The molecule has 1 heterocycles. The molecule has 1 saturated heterocycles. The van der Waals surface area contributed by atoms with Crippen LogP contribution in [0.2, 0.25) is 0 Å². The minimum atomic E-state index is -2.37. The predicted octanol–water partition coefficient (Wildman–Crippen LogP) is -1.89. The monoisotopic (exact) mass is 411 g/mol. The Bertz CT molecular complexity index is 839. The molecule has 0 aliphatic carbocycles. The quantitative estimate of drug-likeness (QED) is 0.213. The number of nitrogens with zero attached hydrogens (tertiary/aromatic N) is 2. The summed E-state index contributed by atoms with van der Waals surface area (Å²) < 4.78 is 0. The summed E-state index contributed by atoms with van der Waals surface area (Å²) >= 11 is 0. The van der Waals surface area contributed by atoms with Gasteiger partial charge in [0.15, 0.2) is 12.2 Å². The van der Waals surface area contributed by atoms with Crippen LogP contribution < -0.4 is 5.32 Å². The van der Waals surface area contributed by atoms with Gasteiger partial charge in [0, 0.05) is 24.3 Å². The number of phenols is 1. The Balaban J connectivity index is 1.90. The number of rotatable bonds is 8. The summed E-state index contributed by atoms with van der Waals surface area (Å²) in [5, 5.41) is 42.0. The topological polar surface area (TPSA) is 197 Å². The molecule has 1 aromatic carbocycles. The molecular weight excluding hydrogens is 394 g/mol. The summed E-state index contributed by atoms with van der Waals surface area (Å²) in [6.45, 7) is -0.833. The van der Waals surface area contributed by atoms with Crippen molar-refractivity contribution in [1.29, 1.82) is 0 Å². The van der Waals surface area contributed by atoms with E-state index in [0.29, 0.717) is 5.56 Å². The number of hydrogen-bond donors (Lipinski definition) is 4. The number of carbonyl (C=O) groups is 4. The van der Waals surface area contributed by atoms with Gasteiger partial charge in [-0.05, 0) is 17.7 Å². The number of aliphatic hydroxyl groups excluding tert-OH is 2. The number of aliphatic hydroxyl groups is 2. The van der Waals surface area contributed by atoms with Crippen molar-refractivity contribution in [3.8, 4) is 5.75 Å². The largest absolute Gasteiger partial charge is 0.507 e. The lowest BCUT2D eigenvalue weighted by Gasteiger charge is -2.19. The van der Waals surface area contributed by atoms with Crippen molar-refractivity contribution in [2.24, 2.45) is 0 Å². The molecule has 1 aromatic rings. The summed E-state index contributed by atoms with van der Waals surface area (Å²) in [6, 6.07) is 3.84. The SMILES string of the molecule is O=C(NCc1ccc(C[N+](=O)[O-])c(O)c1)C(O)C(O)C(=O)ON1C(=O)CCC1=O. The highest BCUT2D eigenvalue weighted by molar-refractivity contribution is 6.02. The Hall–Kier alpha value is -3.58. The second-order valence-electron chi connectivity index (χ2n) is 6.05. The van der Waals surface area contributed by atoms with Crippen LogP contribution in [0.4, 0.5) is 0 Å². The van der Waals surface area contributed by atoms with Crippen LogP contribution in [0.15, 0.2) is 18.2 Å². The molecule has 13 heteroatoms. The fraction of sp³-hybridized carbons (Fsp3) is 0.375. The van der Waals surface area contributed by atoms with Crippen LogP contribution in [0, 0.1) is 10.1 Å². The molecule has 1 fully saturated rings. The van der Waals surface area contributed by atoms with Crippen molar-refractivity contribution in [2.75, 3.05) is 0 Å². The average molecular weight is 411 g/mol. The highest BCUT2D eigenvalue weighted by atomic mass is 16.7. The molecule has 3 amide bonds. The molecule has 0 saturated carbocycles. The molecule has 2 atom stereocenters. The summed E-state index contributed by atoms with van der Waals surface area (Å²) in [4.78, 5) is 60.6. The fourth-order valence-corrected chi connectivity index (χ4v) is 2.36. The van der Waals surface area contributed by atoms with Gasteiger partial charge in [-0.15, -0.1) is 5.06 Å². The highest BCUT2D eigenvalue weighted by Crippen LogP contribution is 2.19. The van der Waals surface area contributed by atoms with Crippen molar-refractivity contribution >= 4 is 23.7 Å². The van der Waals surface area contributed by atoms with E-state index in [1.807, 2.05) is 0 Å². The van der Waals surface area contributed by atoms with Gasteiger partial charge in [0.1, 0.15) is 5.75 Å². The Morgan fingerprint density at radius 2 is 1.83 bits per heavy atom. The summed E-state index contributed by atoms with van der Waals surface area (Å²) in [7, 11) is 0. The lowest BCUT2D eigenvalue weighted by Crippen LogP contribution is -2.48. The zero-order valence-corrected chi connectivity index (χ0v) is 14.8. The standard InChI is InChI=1S/C16H17N3O10/c20-10-5-8(1-2-9(10)7-18(27)28)6-17-15(25)13(23)14(24)16(26)29-19-11(21)3-4-12(19)22/h1-2,5,13-14,20,23-24H,3-4,6-7H2,(H,17,25). The van der Waals surface area contributed by atoms with Crippen LogP contribution in [-0.4, -0.2) is 61.2 Å². The van der Waals surface area contributed by atoms with Crippen molar-refractivity contribution in [3.05, 3.63) is 39.4 Å². The maximum atomic E-state index is 11.9. The number of amides is 3. The number of imide groups is 1. The van der Waals surface area contributed by atoms with Crippen molar-refractivity contribution in [1.82, 2.24) is 10.4 Å². The molecule has 0 radical (unpaired) electrons. The van der Waals surface area contributed by atoms with Gasteiger partial charge in [-0.2, -0.15) is 0 Å². The van der Waals surface area contributed by atoms with Gasteiger partial charge in [-0.3, -0.25) is 24.5 Å². The first-order valence-corrected chi connectivity index (χ1v) is 8.24. The summed E-state index contributed by atoms with van der Waals surface area (Å²) in [5.41, 5.74) is 0.384. The summed E-state index contributed by atoms with van der Waals surface area (Å²) in [5.74, 6) is -4.71. The lowest BCUT2D eigenvalue weighted by atomic mass is 10.1. The molecule has 29 heavy (non-hydrogen) atoms. The van der Waals surface area contributed by atoms with Gasteiger partial charge >= 0.3 is 5.97 Å². The third-order valence-corrected chi connectivity index (χ3v) is 3.91. The molecule has 0 aromatic heterocycles. The van der Waals surface area contributed by atoms with Crippen LogP contribution in [0.1, 0.15) is 24.0 Å². The smallest absolute Gasteiger partial charge is 0.364 e. The van der Waals surface area contributed by atoms with Crippen molar-refractivity contribution in [3.63, 3.8) is 0 Å². The maximum absolute atomic E-state index is 11.9. The third kappa shape index (κ3) is 5.46. The van der Waals surface area contributed by atoms with E-state index in [4.69, 9.17) is 0 Å². The Labute approximate surface area is 162 Å². The van der Waals surface area contributed by atoms with Crippen LogP contribution >= 0.6 is 0 Å². The molecule has 156 valence electrons. The van der Waals surface area contributed by atoms with Gasteiger partial charge in [-0.25, -0.2) is 4.79 Å². The second kappa shape index (κ2) is 9.07. The molecule has 1 aliphatic heterocycles. The molecule has 2 rings (SSSR count). The van der Waals surface area contributed by atoms with E-state index in [1.54, 1.807) is 0 Å². The van der Waals surface area contributed by atoms with Crippen molar-refractivity contribution < 1.29 is 44.3 Å². The van der Waals surface area contributed by atoms with Crippen LogP contribution in [0.5, 0.6) is 5.75 Å². The zero-order valence-electron chi connectivity index (χ0n) is 14.8. The van der Waals surface area contributed by atoms with E-state index in [-0.39, 0.29) is 35.8 Å². The van der Waals surface area contributed by atoms with Gasteiger partial charge < -0.3 is 25.5 Å². The molecule has 2 unspecified atom stereocenters. The van der Waals surface area contributed by atoms with Crippen LogP contribution in [0.3, 0.4) is 0 Å². The first-order chi connectivity index (χ1) is 13.6. The molecule has 1 aliphatic rings. The van der Waals surface area contributed by atoms with E-state index < -0.39 is 47.4 Å². The normalized spacial score (nSPS) is 15.7. The van der Waals surface area contributed by atoms with Crippen LogP contribution in [0.25, 0.3) is 0 Å². The predicted molar refractivity (Wildman–Crippen MR) is 89.8 cm³/mol. The number of aromatic hydroxyl groups is 1. The van der Waals surface area contributed by atoms with E-state index in [1.165, 1.54) is 18.2 Å². The number of nitrogens with one attached hydrogen (secondary N) is 1. The average Bonchev–Trinajstić information content (AvgIpc) is 2.98. The maximum Gasteiger partial charge on any atom is 0.364 e. The van der Waals surface area contributed by atoms with E-state index >= 15 is 0 Å². The van der Waals surface area contributed by atoms with E-state index in [2.05, 4.69) is 10.2 Å². The molecule has 0 spiro atoms. The first kappa shape index (κ1) is 21.7. The number of hydroxylamine groups is 2. The second-order valence-corrected chi connectivity index (χ2v) is 6.05. The van der Waals surface area contributed by atoms with E-state index in [9.17, 15) is 44.6 Å². The van der Waals surface area contributed by atoms with E-state index in [0.717, 1.165) is 0 Å². The molecular formula is C16H17N3O10. The van der Waals surface area contributed by atoms with Crippen molar-refractivity contribution in [2.45, 2.75) is 38.1 Å². The summed E-state index contributed by atoms with van der Waals surface area (Å²) in [6.07, 6.45) is -4.97. The van der Waals surface area contributed by atoms with Gasteiger partial charge in [0.05, 0.1) is 5.56 Å². The fourth-order valence-electron chi connectivity index (χ4n) is 2.36. The Morgan fingerprint density at radius 1 is 1.21 bits per heavy atom. The lowest BCUT2D eigenvalue weighted by molar-refractivity contribution is -0.496. The highest BCUT2D eigenvalue weighted by Gasteiger charge is 2.38. The molecule has 0 bridgehead atoms. The van der Waals surface area contributed by atoms with Gasteiger partial charge in [0.25, 0.3) is 17.7 Å². The molecule has 13 nitrogen and oxygen atoms in total.